The molecular formula is C18H23N3O4. The van der Waals surface area contributed by atoms with Gasteiger partial charge in [-0.15, -0.1) is 0 Å². The van der Waals surface area contributed by atoms with E-state index in [2.05, 4.69) is 10.3 Å². The topological polar surface area (TPSA) is 80.2 Å². The van der Waals surface area contributed by atoms with Crippen LogP contribution in [0.4, 0.5) is 0 Å². The van der Waals surface area contributed by atoms with Crippen molar-refractivity contribution >= 4 is 18.0 Å². The molecule has 134 valence electrons. The number of carbonyl (C=O) groups is 2. The number of benzene rings is 1. The molecule has 0 saturated carbocycles. The van der Waals surface area contributed by atoms with Gasteiger partial charge < -0.3 is 14.8 Å². The van der Waals surface area contributed by atoms with Gasteiger partial charge in [0.1, 0.15) is 18.8 Å². The summed E-state index contributed by atoms with van der Waals surface area (Å²) in [5.41, 5.74) is 0. The van der Waals surface area contributed by atoms with Crippen molar-refractivity contribution in [3.8, 4) is 11.5 Å². The van der Waals surface area contributed by atoms with Crippen molar-refractivity contribution in [2.75, 3.05) is 26.7 Å². The summed E-state index contributed by atoms with van der Waals surface area (Å²) in [5.74, 6) is 1.01. The van der Waals surface area contributed by atoms with Crippen LogP contribution in [0.2, 0.25) is 0 Å². The Morgan fingerprint density at radius 2 is 2.04 bits per heavy atom. The monoisotopic (exact) mass is 345 g/mol. The second kappa shape index (κ2) is 8.11. The number of carbonyl (C=O) groups excluding carboxylic acids is 2. The fourth-order valence-electron chi connectivity index (χ4n) is 2.85. The van der Waals surface area contributed by atoms with E-state index in [0.717, 1.165) is 35.8 Å². The molecule has 2 aliphatic heterocycles. The first-order valence-electron chi connectivity index (χ1n) is 8.59. The molecule has 0 saturated heterocycles. The van der Waals surface area contributed by atoms with E-state index in [1.807, 2.05) is 24.3 Å². The van der Waals surface area contributed by atoms with Gasteiger partial charge in [0.2, 0.25) is 0 Å². The van der Waals surface area contributed by atoms with Gasteiger partial charge in [-0.2, -0.15) is 0 Å². The number of imide groups is 1. The first-order chi connectivity index (χ1) is 12.1. The van der Waals surface area contributed by atoms with Crippen molar-refractivity contribution in [3.05, 3.63) is 24.3 Å². The van der Waals surface area contributed by atoms with Crippen LogP contribution in [-0.2, 0) is 9.59 Å². The highest BCUT2D eigenvalue weighted by Crippen LogP contribution is 2.30. The maximum absolute atomic E-state index is 11.9. The Morgan fingerprint density at radius 3 is 2.88 bits per heavy atom. The van der Waals surface area contributed by atoms with E-state index in [0.29, 0.717) is 19.6 Å². The molecule has 3 rings (SSSR count). The quantitative estimate of drug-likeness (QED) is 0.590. The number of nitrogens with one attached hydrogen (secondary N) is 1. The fraction of sp³-hybridized carbons (Fsp3) is 0.500. The summed E-state index contributed by atoms with van der Waals surface area (Å²) in [7, 11) is 1.49. The summed E-state index contributed by atoms with van der Waals surface area (Å²) in [6.45, 7) is 2.09. The number of nitrogens with zero attached hydrogens (tertiary/aromatic N) is 2. The molecule has 2 heterocycles. The molecule has 2 amide bonds. The molecule has 0 spiro atoms. The lowest BCUT2D eigenvalue weighted by Crippen LogP contribution is -2.44. The van der Waals surface area contributed by atoms with Gasteiger partial charge in [-0.1, -0.05) is 12.1 Å². The summed E-state index contributed by atoms with van der Waals surface area (Å²) >= 11 is 0. The minimum Gasteiger partial charge on any atom is -0.486 e. The lowest BCUT2D eigenvalue weighted by molar-refractivity contribution is -0.141. The van der Waals surface area contributed by atoms with Crippen molar-refractivity contribution in [2.45, 2.75) is 31.4 Å². The van der Waals surface area contributed by atoms with E-state index in [1.165, 1.54) is 13.3 Å². The predicted octanol–water partition coefficient (Wildman–Crippen LogP) is 1.02. The number of unbranched alkanes of at least 4 members (excludes halogenated alkanes) is 1. The number of amides is 2. The highest BCUT2D eigenvalue weighted by atomic mass is 16.6. The third-order valence-electron chi connectivity index (χ3n) is 4.33. The maximum Gasteiger partial charge on any atom is 0.270 e. The largest absolute Gasteiger partial charge is 0.486 e. The van der Waals surface area contributed by atoms with Gasteiger partial charge in [0.15, 0.2) is 11.5 Å². The number of ether oxygens (including phenoxy) is 2. The summed E-state index contributed by atoms with van der Waals surface area (Å²) in [6.07, 6.45) is 3.70. The molecule has 1 N–H and O–H groups in total. The normalized spacial score (nSPS) is 22.4. The molecule has 0 radical (unpaired) electrons. The van der Waals surface area contributed by atoms with Crippen LogP contribution >= 0.6 is 0 Å². The third kappa shape index (κ3) is 4.36. The zero-order chi connectivity index (χ0) is 17.6. The van der Waals surface area contributed by atoms with Crippen LogP contribution in [0, 0.1) is 0 Å². The second-order valence-corrected chi connectivity index (χ2v) is 6.23. The van der Waals surface area contributed by atoms with Crippen molar-refractivity contribution < 1.29 is 19.1 Å². The smallest absolute Gasteiger partial charge is 0.270 e. The molecular weight excluding hydrogens is 322 g/mol. The number of aliphatic imine (C=N–C) groups is 1. The number of likely N-dealkylation sites (N-methyl/N-ethyl adjacent to an activating group) is 1. The van der Waals surface area contributed by atoms with Gasteiger partial charge in [0, 0.05) is 13.6 Å². The zero-order valence-electron chi connectivity index (χ0n) is 14.3. The fourth-order valence-corrected chi connectivity index (χ4v) is 2.85. The van der Waals surface area contributed by atoms with E-state index >= 15 is 0 Å². The molecule has 2 aliphatic rings. The van der Waals surface area contributed by atoms with Crippen LogP contribution in [-0.4, -0.2) is 61.8 Å². The van der Waals surface area contributed by atoms with E-state index in [9.17, 15) is 9.59 Å². The van der Waals surface area contributed by atoms with Crippen LogP contribution in [0.1, 0.15) is 19.3 Å². The SMILES string of the molecule is CN1C(=O)C=NC(CCCCNCC2COc3ccccc3O2)C1=O. The first kappa shape index (κ1) is 17.4. The summed E-state index contributed by atoms with van der Waals surface area (Å²) in [4.78, 5) is 28.4. The molecule has 0 aromatic heterocycles. The number of fused-ring (bicyclic) bond motifs is 1. The molecule has 7 nitrogen and oxygen atoms in total. The summed E-state index contributed by atoms with van der Waals surface area (Å²) in [6, 6.07) is 7.24. The zero-order valence-corrected chi connectivity index (χ0v) is 14.3. The van der Waals surface area contributed by atoms with Gasteiger partial charge in [-0.3, -0.25) is 19.5 Å². The van der Waals surface area contributed by atoms with Crippen LogP contribution in [0.3, 0.4) is 0 Å². The Morgan fingerprint density at radius 1 is 1.24 bits per heavy atom. The molecule has 1 aromatic rings. The van der Waals surface area contributed by atoms with E-state index < -0.39 is 6.04 Å². The molecule has 2 atom stereocenters. The van der Waals surface area contributed by atoms with Gasteiger partial charge in [-0.25, -0.2) is 0 Å². The summed E-state index contributed by atoms with van der Waals surface area (Å²) in [5, 5.41) is 3.36. The lowest BCUT2D eigenvalue weighted by Gasteiger charge is -2.26. The van der Waals surface area contributed by atoms with Crippen molar-refractivity contribution in [1.29, 1.82) is 0 Å². The number of hydrogen-bond acceptors (Lipinski definition) is 6. The standard InChI is InChI=1S/C18H23N3O4/c1-21-17(22)11-20-14(18(21)23)6-4-5-9-19-10-13-12-24-15-7-2-3-8-16(15)25-13/h2-3,7-8,11,13-14,19H,4-6,9-10,12H2,1H3. The Balaban J connectivity index is 1.30. The van der Waals surface area contributed by atoms with Crippen LogP contribution in [0.5, 0.6) is 11.5 Å². The first-order valence-corrected chi connectivity index (χ1v) is 8.59. The van der Waals surface area contributed by atoms with Gasteiger partial charge in [0.25, 0.3) is 11.8 Å². The maximum atomic E-state index is 11.9. The minimum atomic E-state index is -0.422. The van der Waals surface area contributed by atoms with E-state index in [-0.39, 0.29) is 17.9 Å². The van der Waals surface area contributed by atoms with Crippen LogP contribution in [0.15, 0.2) is 29.3 Å². The average molecular weight is 345 g/mol. The summed E-state index contributed by atoms with van der Waals surface area (Å²) < 4.78 is 11.6. The third-order valence-corrected chi connectivity index (χ3v) is 4.33. The Hall–Kier alpha value is -2.41. The molecule has 25 heavy (non-hydrogen) atoms. The average Bonchev–Trinajstić information content (AvgIpc) is 2.64. The van der Waals surface area contributed by atoms with Gasteiger partial charge >= 0.3 is 0 Å². The molecule has 2 unspecified atom stereocenters. The highest BCUT2D eigenvalue weighted by molar-refractivity contribution is 6.31. The highest BCUT2D eigenvalue weighted by Gasteiger charge is 2.28. The predicted molar refractivity (Wildman–Crippen MR) is 93.1 cm³/mol. The number of para-hydroxylation sites is 2. The van der Waals surface area contributed by atoms with Gasteiger partial charge in [-0.05, 0) is 37.9 Å². The molecule has 1 aromatic carbocycles. The van der Waals surface area contributed by atoms with Crippen molar-refractivity contribution in [3.63, 3.8) is 0 Å². The van der Waals surface area contributed by atoms with Crippen LogP contribution < -0.4 is 14.8 Å². The van der Waals surface area contributed by atoms with Crippen molar-refractivity contribution in [2.24, 2.45) is 4.99 Å². The Bertz CT molecular complexity index is 661. The minimum absolute atomic E-state index is 0.000848. The van der Waals surface area contributed by atoms with E-state index in [4.69, 9.17) is 9.47 Å². The number of hydrogen-bond donors (Lipinski definition) is 1. The molecule has 0 aliphatic carbocycles. The van der Waals surface area contributed by atoms with E-state index in [1.54, 1.807) is 0 Å². The molecule has 7 heteroatoms. The Kier molecular flexibility index (Phi) is 5.65. The second-order valence-electron chi connectivity index (χ2n) is 6.23. The molecule has 0 bridgehead atoms. The van der Waals surface area contributed by atoms with Crippen molar-refractivity contribution in [1.82, 2.24) is 10.2 Å². The molecule has 0 fully saturated rings. The number of rotatable bonds is 7. The Labute approximate surface area is 147 Å². The van der Waals surface area contributed by atoms with Gasteiger partial charge in [0.05, 0.1) is 6.21 Å². The lowest BCUT2D eigenvalue weighted by atomic mass is 10.1. The van der Waals surface area contributed by atoms with Crippen LogP contribution in [0.25, 0.3) is 0 Å².